The van der Waals surface area contributed by atoms with Crippen LogP contribution in [-0.2, 0) is 11.8 Å². The zero-order chi connectivity index (χ0) is 21.8. The molecule has 2 saturated heterocycles. The molecule has 0 N–H and O–H groups in total. The Morgan fingerprint density at radius 3 is 2.58 bits per heavy atom. The molecule has 5 rings (SSSR count). The molecule has 6 nitrogen and oxygen atoms in total. The minimum absolute atomic E-state index is 0.00597. The second kappa shape index (κ2) is 7.50. The Kier molecular flexibility index (Phi) is 4.91. The van der Waals surface area contributed by atoms with Gasteiger partial charge >= 0.3 is 0 Å². The Labute approximate surface area is 184 Å². The van der Waals surface area contributed by atoms with E-state index in [9.17, 15) is 9.59 Å². The van der Waals surface area contributed by atoms with Gasteiger partial charge in [0.25, 0.3) is 5.91 Å². The van der Waals surface area contributed by atoms with Crippen molar-refractivity contribution < 1.29 is 9.59 Å². The first kappa shape index (κ1) is 20.3. The van der Waals surface area contributed by atoms with Crippen LogP contribution < -0.4 is 0 Å². The molecule has 1 aromatic heterocycles. The van der Waals surface area contributed by atoms with Crippen LogP contribution in [0, 0.1) is 25.2 Å². The highest BCUT2D eigenvalue weighted by Gasteiger charge is 2.54. The molecule has 1 saturated carbocycles. The van der Waals surface area contributed by atoms with E-state index >= 15 is 0 Å². The number of amides is 2. The first-order valence-electron chi connectivity index (χ1n) is 11.5. The van der Waals surface area contributed by atoms with Crippen molar-refractivity contribution in [3.05, 3.63) is 53.1 Å². The molecule has 2 aromatic rings. The molecule has 3 fully saturated rings. The highest BCUT2D eigenvalue weighted by Crippen LogP contribution is 2.49. The quantitative estimate of drug-likeness (QED) is 0.759. The average molecular weight is 421 g/mol. The van der Waals surface area contributed by atoms with Crippen LogP contribution in [0.25, 0.3) is 0 Å². The molecule has 164 valence electrons. The lowest BCUT2D eigenvalue weighted by molar-refractivity contribution is -0.145. The second-order valence-electron chi connectivity index (χ2n) is 10.1. The molecular formula is C25H32N4O2. The molecule has 3 aliphatic rings. The SMILES string of the molecule is Cc1cc(C)cc(C(=O)N2C[C@]3(CCCN(CC4CC4)C3=O)C[C@H]2c2cn(C)cn2)c1. The normalized spacial score (nSPS) is 26.2. The molecule has 0 radical (unpaired) electrons. The third kappa shape index (κ3) is 3.77. The molecule has 1 spiro atoms. The Morgan fingerprint density at radius 1 is 1.19 bits per heavy atom. The lowest BCUT2D eigenvalue weighted by Gasteiger charge is -2.39. The summed E-state index contributed by atoms with van der Waals surface area (Å²) in [6.45, 7) is 6.27. The zero-order valence-electron chi connectivity index (χ0n) is 18.8. The second-order valence-corrected chi connectivity index (χ2v) is 10.1. The van der Waals surface area contributed by atoms with E-state index in [-0.39, 0.29) is 17.9 Å². The van der Waals surface area contributed by atoms with E-state index in [0.717, 1.165) is 42.8 Å². The van der Waals surface area contributed by atoms with Gasteiger partial charge in [0.15, 0.2) is 0 Å². The van der Waals surface area contributed by atoms with Crippen LogP contribution >= 0.6 is 0 Å². The largest absolute Gasteiger partial charge is 0.342 e. The van der Waals surface area contributed by atoms with Crippen LogP contribution in [0.4, 0.5) is 0 Å². The molecule has 1 aromatic carbocycles. The summed E-state index contributed by atoms with van der Waals surface area (Å²) >= 11 is 0. The van der Waals surface area contributed by atoms with Crippen molar-refractivity contribution in [1.29, 1.82) is 0 Å². The van der Waals surface area contributed by atoms with E-state index < -0.39 is 5.41 Å². The Bertz CT molecular complexity index is 1000. The zero-order valence-corrected chi connectivity index (χ0v) is 18.8. The minimum Gasteiger partial charge on any atom is -0.342 e. The van der Waals surface area contributed by atoms with Gasteiger partial charge in [0, 0.05) is 38.4 Å². The maximum atomic E-state index is 13.7. The first-order valence-corrected chi connectivity index (χ1v) is 11.5. The fourth-order valence-electron chi connectivity index (χ4n) is 5.60. The first-order chi connectivity index (χ1) is 14.8. The van der Waals surface area contributed by atoms with Crippen LogP contribution in [0.5, 0.6) is 0 Å². The number of carbonyl (C=O) groups excluding carboxylic acids is 2. The van der Waals surface area contributed by atoms with Gasteiger partial charge in [-0.1, -0.05) is 17.2 Å². The third-order valence-electron chi connectivity index (χ3n) is 7.23. The summed E-state index contributed by atoms with van der Waals surface area (Å²) in [7, 11) is 1.94. The van der Waals surface area contributed by atoms with Crippen LogP contribution in [0.15, 0.2) is 30.7 Å². The van der Waals surface area contributed by atoms with Gasteiger partial charge in [0.2, 0.25) is 5.91 Å². The van der Waals surface area contributed by atoms with Crippen molar-refractivity contribution in [2.45, 2.75) is 52.0 Å². The summed E-state index contributed by atoms with van der Waals surface area (Å²) in [6, 6.07) is 5.83. The minimum atomic E-state index is -0.482. The van der Waals surface area contributed by atoms with Gasteiger partial charge < -0.3 is 14.4 Å². The average Bonchev–Trinajstić information content (AvgIpc) is 3.30. The van der Waals surface area contributed by atoms with E-state index in [1.165, 1.54) is 12.8 Å². The van der Waals surface area contributed by atoms with E-state index in [4.69, 9.17) is 0 Å². The molecule has 0 bridgehead atoms. The summed E-state index contributed by atoms with van der Waals surface area (Å²) in [5, 5.41) is 0. The number of nitrogens with zero attached hydrogens (tertiary/aromatic N) is 4. The highest BCUT2D eigenvalue weighted by atomic mass is 16.2. The van der Waals surface area contributed by atoms with E-state index in [1.54, 1.807) is 6.33 Å². The molecule has 2 atom stereocenters. The number of aromatic nitrogens is 2. The van der Waals surface area contributed by atoms with Gasteiger partial charge in [-0.3, -0.25) is 9.59 Å². The molecule has 2 aliphatic heterocycles. The van der Waals surface area contributed by atoms with Crippen LogP contribution in [-0.4, -0.2) is 50.8 Å². The Balaban J connectivity index is 1.49. The van der Waals surface area contributed by atoms with Crippen molar-refractivity contribution in [3.8, 4) is 0 Å². The lowest BCUT2D eigenvalue weighted by Crippen LogP contribution is -2.50. The lowest BCUT2D eigenvalue weighted by atomic mass is 9.76. The molecule has 2 amide bonds. The Morgan fingerprint density at radius 2 is 1.94 bits per heavy atom. The summed E-state index contributed by atoms with van der Waals surface area (Å²) in [5.41, 5.74) is 3.26. The van der Waals surface area contributed by atoms with Crippen molar-refractivity contribution in [2.24, 2.45) is 18.4 Å². The molecule has 6 heteroatoms. The van der Waals surface area contributed by atoms with Gasteiger partial charge in [-0.2, -0.15) is 0 Å². The predicted molar refractivity (Wildman–Crippen MR) is 118 cm³/mol. The van der Waals surface area contributed by atoms with E-state index in [2.05, 4.69) is 16.0 Å². The van der Waals surface area contributed by atoms with Crippen molar-refractivity contribution >= 4 is 11.8 Å². The third-order valence-corrected chi connectivity index (χ3v) is 7.23. The van der Waals surface area contributed by atoms with E-state index in [1.807, 2.05) is 48.7 Å². The number of hydrogen-bond acceptors (Lipinski definition) is 3. The molecule has 31 heavy (non-hydrogen) atoms. The van der Waals surface area contributed by atoms with Gasteiger partial charge in [-0.15, -0.1) is 0 Å². The number of carbonyl (C=O) groups is 2. The number of imidazole rings is 1. The Hall–Kier alpha value is -2.63. The summed E-state index contributed by atoms with van der Waals surface area (Å²) < 4.78 is 1.92. The molecular weight excluding hydrogens is 388 g/mol. The molecule has 1 aliphatic carbocycles. The number of likely N-dealkylation sites (tertiary alicyclic amines) is 2. The number of rotatable bonds is 4. The molecule has 3 heterocycles. The van der Waals surface area contributed by atoms with E-state index in [0.29, 0.717) is 24.4 Å². The monoisotopic (exact) mass is 420 g/mol. The fraction of sp³-hybridized carbons (Fsp3) is 0.560. The fourth-order valence-corrected chi connectivity index (χ4v) is 5.60. The topological polar surface area (TPSA) is 58.4 Å². The maximum absolute atomic E-state index is 13.7. The maximum Gasteiger partial charge on any atom is 0.254 e. The standard InChI is InChI=1S/C25H32N4O2/c1-17-9-18(2)11-20(10-17)23(30)29-15-25(12-22(29)21-14-27(3)16-26-21)7-4-8-28(24(25)31)13-19-5-6-19/h9-11,14,16,19,22H,4-8,12-13,15H2,1-3H3/t22-,25-/m0/s1. The van der Waals surface area contributed by atoms with Gasteiger partial charge in [-0.25, -0.2) is 4.98 Å². The highest BCUT2D eigenvalue weighted by molar-refractivity contribution is 5.96. The van der Waals surface area contributed by atoms with Crippen molar-refractivity contribution in [3.63, 3.8) is 0 Å². The molecule has 0 unspecified atom stereocenters. The summed E-state index contributed by atoms with van der Waals surface area (Å²) in [4.78, 5) is 36.0. The predicted octanol–water partition coefficient (Wildman–Crippen LogP) is 3.64. The number of aryl methyl sites for hydroxylation is 3. The van der Waals surface area contributed by atoms with Gasteiger partial charge in [0.05, 0.1) is 23.5 Å². The summed E-state index contributed by atoms with van der Waals surface area (Å²) in [6.07, 6.45) is 8.78. The van der Waals surface area contributed by atoms with Crippen molar-refractivity contribution in [2.75, 3.05) is 19.6 Å². The number of piperidine rings is 1. The number of benzene rings is 1. The smallest absolute Gasteiger partial charge is 0.254 e. The summed E-state index contributed by atoms with van der Waals surface area (Å²) in [5.74, 6) is 0.939. The van der Waals surface area contributed by atoms with Crippen LogP contribution in [0.3, 0.4) is 0 Å². The number of hydrogen-bond donors (Lipinski definition) is 0. The van der Waals surface area contributed by atoms with Gasteiger partial charge in [0.1, 0.15) is 0 Å². The van der Waals surface area contributed by atoms with Gasteiger partial charge in [-0.05, 0) is 64.0 Å². The van der Waals surface area contributed by atoms with Crippen molar-refractivity contribution in [1.82, 2.24) is 19.4 Å². The van der Waals surface area contributed by atoms with Crippen LogP contribution in [0.1, 0.15) is 65.3 Å². The van der Waals surface area contributed by atoms with Crippen LogP contribution in [0.2, 0.25) is 0 Å².